The Balaban J connectivity index is 2.43. The number of nitrogens with zero attached hydrogens (tertiary/aromatic N) is 1. The number of esters is 1. The summed E-state index contributed by atoms with van der Waals surface area (Å²) in [5, 5.41) is 0.565. The molecular formula is C9H14ClNO3. The van der Waals surface area contributed by atoms with Crippen molar-refractivity contribution in [3.05, 3.63) is 11.6 Å². The second kappa shape index (κ2) is 5.34. The first-order valence-corrected chi connectivity index (χ1v) is 4.76. The predicted octanol–water partition coefficient (Wildman–Crippen LogP) is 0.613. The number of morpholine rings is 1. The fourth-order valence-corrected chi connectivity index (χ4v) is 1.53. The minimum Gasteiger partial charge on any atom is -0.467 e. The van der Waals surface area contributed by atoms with Gasteiger partial charge in [-0.25, -0.2) is 4.79 Å². The van der Waals surface area contributed by atoms with Gasteiger partial charge in [-0.3, -0.25) is 4.90 Å². The van der Waals surface area contributed by atoms with Crippen molar-refractivity contribution < 1.29 is 14.3 Å². The van der Waals surface area contributed by atoms with E-state index in [2.05, 4.69) is 11.3 Å². The van der Waals surface area contributed by atoms with Gasteiger partial charge in [0.15, 0.2) is 6.10 Å². The molecule has 0 spiro atoms. The summed E-state index contributed by atoms with van der Waals surface area (Å²) in [5.74, 6) is -0.338. The van der Waals surface area contributed by atoms with E-state index in [0.717, 1.165) is 6.54 Å². The van der Waals surface area contributed by atoms with Gasteiger partial charge in [-0.15, -0.1) is 0 Å². The van der Waals surface area contributed by atoms with Crippen molar-refractivity contribution in [1.82, 2.24) is 4.90 Å². The summed E-state index contributed by atoms with van der Waals surface area (Å²) >= 11 is 5.68. The summed E-state index contributed by atoms with van der Waals surface area (Å²) in [7, 11) is 1.35. The zero-order valence-electron chi connectivity index (χ0n) is 8.16. The van der Waals surface area contributed by atoms with Crippen LogP contribution in [0.4, 0.5) is 0 Å². The van der Waals surface area contributed by atoms with E-state index in [0.29, 0.717) is 24.7 Å². The summed E-state index contributed by atoms with van der Waals surface area (Å²) in [5.41, 5.74) is 0. The molecule has 1 fully saturated rings. The van der Waals surface area contributed by atoms with Gasteiger partial charge in [-0.1, -0.05) is 18.2 Å². The van der Waals surface area contributed by atoms with Gasteiger partial charge in [-0.2, -0.15) is 0 Å². The van der Waals surface area contributed by atoms with Gasteiger partial charge in [0, 0.05) is 24.7 Å². The molecule has 0 N–H and O–H groups in total. The highest BCUT2D eigenvalue weighted by Crippen LogP contribution is 2.09. The number of rotatable bonds is 3. The Labute approximate surface area is 88.4 Å². The van der Waals surface area contributed by atoms with Crippen LogP contribution in [-0.2, 0) is 14.3 Å². The first-order chi connectivity index (χ1) is 6.63. The maximum atomic E-state index is 11.2. The highest BCUT2D eigenvalue weighted by Gasteiger charge is 2.27. The van der Waals surface area contributed by atoms with Crippen LogP contribution in [0, 0.1) is 0 Å². The van der Waals surface area contributed by atoms with Crippen molar-refractivity contribution in [2.45, 2.75) is 6.10 Å². The predicted molar refractivity (Wildman–Crippen MR) is 53.2 cm³/mol. The molecule has 1 aliphatic rings. The van der Waals surface area contributed by atoms with Crippen LogP contribution in [0.25, 0.3) is 0 Å². The van der Waals surface area contributed by atoms with Gasteiger partial charge in [0.05, 0.1) is 13.7 Å². The highest BCUT2D eigenvalue weighted by atomic mass is 35.5. The Morgan fingerprint density at radius 1 is 1.79 bits per heavy atom. The first-order valence-electron chi connectivity index (χ1n) is 4.38. The summed E-state index contributed by atoms with van der Waals surface area (Å²) in [6, 6.07) is 0. The molecule has 1 aliphatic heterocycles. The number of carbonyl (C=O) groups excluding carboxylic acids is 1. The Bertz CT molecular complexity index is 232. The highest BCUT2D eigenvalue weighted by molar-refractivity contribution is 6.29. The molecule has 0 aromatic carbocycles. The standard InChI is InChI=1S/C9H14ClNO3/c1-7(10)5-11-3-4-14-8(6-11)9(12)13-2/h8H,1,3-6H2,2H3. The Hall–Kier alpha value is -0.580. The minimum absolute atomic E-state index is 0.338. The molecule has 1 unspecified atom stereocenters. The Kier molecular flexibility index (Phi) is 4.38. The molecule has 0 aromatic rings. The van der Waals surface area contributed by atoms with Crippen LogP contribution in [0.15, 0.2) is 11.6 Å². The van der Waals surface area contributed by atoms with Crippen LogP contribution in [0.2, 0.25) is 0 Å². The largest absolute Gasteiger partial charge is 0.467 e. The van der Waals surface area contributed by atoms with E-state index < -0.39 is 6.10 Å². The molecule has 0 aliphatic carbocycles. The third kappa shape index (κ3) is 3.29. The second-order valence-electron chi connectivity index (χ2n) is 3.13. The maximum absolute atomic E-state index is 11.2. The second-order valence-corrected chi connectivity index (χ2v) is 3.67. The van der Waals surface area contributed by atoms with Gasteiger partial charge >= 0.3 is 5.97 Å². The normalized spacial score (nSPS) is 23.1. The lowest BCUT2D eigenvalue weighted by molar-refractivity contribution is -0.159. The number of carbonyl (C=O) groups is 1. The number of hydrogen-bond donors (Lipinski definition) is 0. The molecule has 4 nitrogen and oxygen atoms in total. The molecule has 5 heteroatoms. The molecule has 14 heavy (non-hydrogen) atoms. The molecule has 1 atom stereocenters. The Morgan fingerprint density at radius 2 is 2.50 bits per heavy atom. The van der Waals surface area contributed by atoms with Crippen LogP contribution < -0.4 is 0 Å². The third-order valence-corrected chi connectivity index (χ3v) is 2.13. The lowest BCUT2D eigenvalue weighted by Gasteiger charge is -2.30. The summed E-state index contributed by atoms with van der Waals surface area (Å²) in [6.07, 6.45) is -0.496. The van der Waals surface area contributed by atoms with Crippen LogP contribution in [0.5, 0.6) is 0 Å². The quantitative estimate of drug-likeness (QED) is 0.653. The molecule has 0 radical (unpaired) electrons. The van der Waals surface area contributed by atoms with E-state index in [1.165, 1.54) is 7.11 Å². The number of methoxy groups -OCH3 is 1. The zero-order valence-corrected chi connectivity index (χ0v) is 8.92. The van der Waals surface area contributed by atoms with E-state index in [9.17, 15) is 4.79 Å². The molecule has 1 rings (SSSR count). The van der Waals surface area contributed by atoms with Gasteiger partial charge < -0.3 is 9.47 Å². The molecule has 0 amide bonds. The van der Waals surface area contributed by atoms with Crippen molar-refractivity contribution in [2.24, 2.45) is 0 Å². The van der Waals surface area contributed by atoms with Crippen LogP contribution in [0.1, 0.15) is 0 Å². The third-order valence-electron chi connectivity index (χ3n) is 2.01. The molecular weight excluding hydrogens is 206 g/mol. The van der Waals surface area contributed by atoms with E-state index >= 15 is 0 Å². The summed E-state index contributed by atoms with van der Waals surface area (Å²) in [6.45, 7) is 5.98. The lowest BCUT2D eigenvalue weighted by Crippen LogP contribution is -2.46. The lowest BCUT2D eigenvalue weighted by atomic mass is 10.2. The van der Waals surface area contributed by atoms with E-state index in [4.69, 9.17) is 16.3 Å². The molecule has 0 bridgehead atoms. The van der Waals surface area contributed by atoms with Crippen molar-refractivity contribution in [2.75, 3.05) is 33.4 Å². The maximum Gasteiger partial charge on any atom is 0.336 e. The fraction of sp³-hybridized carbons (Fsp3) is 0.667. The van der Waals surface area contributed by atoms with Crippen LogP contribution >= 0.6 is 11.6 Å². The zero-order chi connectivity index (χ0) is 10.6. The van der Waals surface area contributed by atoms with Crippen LogP contribution in [0.3, 0.4) is 0 Å². The van der Waals surface area contributed by atoms with E-state index in [1.807, 2.05) is 4.90 Å². The Morgan fingerprint density at radius 3 is 3.07 bits per heavy atom. The summed E-state index contributed by atoms with van der Waals surface area (Å²) in [4.78, 5) is 13.2. The summed E-state index contributed by atoms with van der Waals surface area (Å²) < 4.78 is 9.85. The van der Waals surface area contributed by atoms with Gasteiger partial charge in [0.2, 0.25) is 0 Å². The number of halogens is 1. The average Bonchev–Trinajstić information content (AvgIpc) is 2.16. The van der Waals surface area contributed by atoms with Crippen molar-refractivity contribution in [3.8, 4) is 0 Å². The molecule has 0 saturated carbocycles. The molecule has 80 valence electrons. The minimum atomic E-state index is -0.496. The molecule has 1 heterocycles. The number of ether oxygens (including phenoxy) is 2. The van der Waals surface area contributed by atoms with E-state index in [1.54, 1.807) is 0 Å². The monoisotopic (exact) mass is 219 g/mol. The van der Waals surface area contributed by atoms with Gasteiger partial charge in [0.1, 0.15) is 0 Å². The first kappa shape index (κ1) is 11.5. The molecule has 0 aromatic heterocycles. The SMILES string of the molecule is C=C(Cl)CN1CCOC(C(=O)OC)C1. The molecule has 1 saturated heterocycles. The van der Waals surface area contributed by atoms with E-state index in [-0.39, 0.29) is 5.97 Å². The fourth-order valence-electron chi connectivity index (χ4n) is 1.36. The van der Waals surface area contributed by atoms with Crippen molar-refractivity contribution in [1.29, 1.82) is 0 Å². The topological polar surface area (TPSA) is 38.8 Å². The van der Waals surface area contributed by atoms with Gasteiger partial charge in [-0.05, 0) is 0 Å². The average molecular weight is 220 g/mol. The van der Waals surface area contributed by atoms with Crippen molar-refractivity contribution >= 4 is 17.6 Å². The smallest absolute Gasteiger partial charge is 0.336 e. The van der Waals surface area contributed by atoms with Crippen LogP contribution in [-0.4, -0.2) is 50.3 Å². The van der Waals surface area contributed by atoms with Gasteiger partial charge in [0.25, 0.3) is 0 Å². The van der Waals surface area contributed by atoms with Crippen molar-refractivity contribution in [3.63, 3.8) is 0 Å². The number of hydrogen-bond acceptors (Lipinski definition) is 4.